The van der Waals surface area contributed by atoms with Crippen LogP contribution in [0.25, 0.3) is 0 Å². The van der Waals surface area contributed by atoms with E-state index in [1.165, 1.54) is 18.2 Å². The number of amides is 1. The summed E-state index contributed by atoms with van der Waals surface area (Å²) in [5, 5.41) is 13.2. The molecule has 2 N–H and O–H groups in total. The van der Waals surface area contributed by atoms with Gasteiger partial charge in [-0.2, -0.15) is 4.31 Å². The van der Waals surface area contributed by atoms with E-state index in [9.17, 15) is 18.3 Å². The molecule has 0 unspecified atom stereocenters. The summed E-state index contributed by atoms with van der Waals surface area (Å²) in [5.74, 6) is -0.386. The van der Waals surface area contributed by atoms with E-state index in [1.807, 2.05) is 0 Å². The standard InChI is InChI=1S/C14H16Cl2N2O4S/c15-8-4-9(16)6-10(5-8)23(21,22)18-11-2-1-3-12(18)14(20)17-7-13(11)19/h4-6,11-13,19H,1-3,7H2,(H,17,20)/t11-,12+,13-/m1/s1. The lowest BCUT2D eigenvalue weighted by atomic mass is 9.96. The number of hydrogen-bond acceptors (Lipinski definition) is 4. The smallest absolute Gasteiger partial charge is 0.244 e. The lowest BCUT2D eigenvalue weighted by Gasteiger charge is -2.39. The number of rotatable bonds is 2. The zero-order chi connectivity index (χ0) is 16.8. The summed E-state index contributed by atoms with van der Waals surface area (Å²) in [7, 11) is -4.01. The number of nitrogens with zero attached hydrogens (tertiary/aromatic N) is 1. The molecule has 3 atom stereocenters. The van der Waals surface area contributed by atoms with Crippen LogP contribution in [0.2, 0.25) is 10.0 Å². The molecule has 23 heavy (non-hydrogen) atoms. The molecule has 0 aromatic heterocycles. The van der Waals surface area contributed by atoms with Gasteiger partial charge >= 0.3 is 0 Å². The van der Waals surface area contributed by atoms with E-state index in [0.29, 0.717) is 19.3 Å². The van der Waals surface area contributed by atoms with E-state index in [2.05, 4.69) is 5.32 Å². The summed E-state index contributed by atoms with van der Waals surface area (Å²) < 4.78 is 27.3. The van der Waals surface area contributed by atoms with Gasteiger partial charge in [-0.3, -0.25) is 4.79 Å². The molecule has 2 bridgehead atoms. The van der Waals surface area contributed by atoms with Crippen molar-refractivity contribution in [3.8, 4) is 0 Å². The summed E-state index contributed by atoms with van der Waals surface area (Å²) in [5.41, 5.74) is 0. The van der Waals surface area contributed by atoms with Gasteiger partial charge in [-0.25, -0.2) is 8.42 Å². The van der Waals surface area contributed by atoms with Crippen LogP contribution in [0.4, 0.5) is 0 Å². The van der Waals surface area contributed by atoms with Crippen LogP contribution in [-0.2, 0) is 14.8 Å². The molecular weight excluding hydrogens is 363 g/mol. The first-order valence-electron chi connectivity index (χ1n) is 7.26. The SMILES string of the molecule is O=C1NC[C@@H](O)[C@H]2CCC[C@@H]1N2S(=O)(=O)c1cc(Cl)cc(Cl)c1. The van der Waals surface area contributed by atoms with Crippen LogP contribution in [0.1, 0.15) is 19.3 Å². The van der Waals surface area contributed by atoms with E-state index in [0.717, 1.165) is 4.31 Å². The minimum Gasteiger partial charge on any atom is -0.390 e. The van der Waals surface area contributed by atoms with Crippen molar-refractivity contribution in [1.29, 1.82) is 0 Å². The molecule has 2 saturated heterocycles. The van der Waals surface area contributed by atoms with E-state index < -0.39 is 28.2 Å². The fraction of sp³-hybridized carbons (Fsp3) is 0.500. The molecule has 6 nitrogen and oxygen atoms in total. The van der Waals surface area contributed by atoms with Crippen molar-refractivity contribution in [3.05, 3.63) is 28.2 Å². The number of aliphatic hydroxyl groups is 1. The highest BCUT2D eigenvalue weighted by atomic mass is 35.5. The highest BCUT2D eigenvalue weighted by Gasteiger charge is 2.47. The highest BCUT2D eigenvalue weighted by molar-refractivity contribution is 7.89. The number of β-amino-alcohol motifs (C(OH)–C–C–N with tert-alkyl or cyclic N) is 1. The van der Waals surface area contributed by atoms with Crippen molar-refractivity contribution in [2.75, 3.05) is 6.54 Å². The topological polar surface area (TPSA) is 86.7 Å². The average molecular weight is 379 g/mol. The van der Waals surface area contributed by atoms with Crippen molar-refractivity contribution in [2.24, 2.45) is 0 Å². The molecule has 2 aliphatic rings. The van der Waals surface area contributed by atoms with E-state index in [1.54, 1.807) is 0 Å². The Balaban J connectivity index is 2.11. The van der Waals surface area contributed by atoms with Gasteiger partial charge in [-0.15, -0.1) is 0 Å². The molecule has 1 aromatic rings. The number of carbonyl (C=O) groups excluding carboxylic acids is 1. The van der Waals surface area contributed by atoms with Crippen LogP contribution in [-0.4, -0.2) is 48.5 Å². The van der Waals surface area contributed by atoms with E-state index in [-0.39, 0.29) is 27.4 Å². The number of carbonyl (C=O) groups is 1. The summed E-state index contributed by atoms with van der Waals surface area (Å²) >= 11 is 11.8. The molecule has 0 saturated carbocycles. The third-order valence-electron chi connectivity index (χ3n) is 4.26. The van der Waals surface area contributed by atoms with Crippen molar-refractivity contribution < 1.29 is 18.3 Å². The molecular formula is C14H16Cl2N2O4S. The summed E-state index contributed by atoms with van der Waals surface area (Å²) in [6.07, 6.45) is 0.652. The predicted molar refractivity (Wildman–Crippen MR) is 85.9 cm³/mol. The van der Waals surface area contributed by atoms with Gasteiger partial charge in [-0.1, -0.05) is 23.2 Å². The molecule has 0 spiro atoms. The molecule has 2 aliphatic heterocycles. The van der Waals surface area contributed by atoms with Gasteiger partial charge in [0.2, 0.25) is 15.9 Å². The van der Waals surface area contributed by atoms with Gasteiger partial charge in [0.15, 0.2) is 0 Å². The van der Waals surface area contributed by atoms with Crippen LogP contribution < -0.4 is 5.32 Å². The van der Waals surface area contributed by atoms with Gasteiger partial charge in [0, 0.05) is 16.6 Å². The van der Waals surface area contributed by atoms with Gasteiger partial charge in [-0.05, 0) is 37.5 Å². The maximum atomic E-state index is 13.1. The predicted octanol–water partition coefficient (Wildman–Crippen LogP) is 1.40. The average Bonchev–Trinajstić information content (AvgIpc) is 2.56. The number of benzene rings is 1. The highest BCUT2D eigenvalue weighted by Crippen LogP contribution is 2.34. The fourth-order valence-corrected chi connectivity index (χ4v) is 5.81. The number of nitrogens with one attached hydrogen (secondary N) is 1. The van der Waals surface area contributed by atoms with Crippen molar-refractivity contribution in [2.45, 2.75) is 42.3 Å². The molecule has 1 aromatic carbocycles. The van der Waals surface area contributed by atoms with Crippen LogP contribution in [0.5, 0.6) is 0 Å². The quantitative estimate of drug-likeness (QED) is 0.813. The van der Waals surface area contributed by atoms with Crippen molar-refractivity contribution >= 4 is 39.1 Å². The van der Waals surface area contributed by atoms with Crippen LogP contribution >= 0.6 is 23.2 Å². The number of piperidine rings is 1. The Morgan fingerprint density at radius 3 is 2.48 bits per heavy atom. The molecule has 0 aliphatic carbocycles. The molecule has 2 fully saturated rings. The Bertz CT molecular complexity index is 720. The molecule has 3 rings (SSSR count). The normalized spacial score (nSPS) is 29.0. The van der Waals surface area contributed by atoms with Crippen LogP contribution in [0.3, 0.4) is 0 Å². The maximum Gasteiger partial charge on any atom is 0.244 e. The number of halogens is 2. The second kappa shape index (κ2) is 6.22. The Labute approximate surface area is 144 Å². The van der Waals surface area contributed by atoms with Gasteiger partial charge in [0.1, 0.15) is 6.04 Å². The number of aliphatic hydroxyl groups excluding tert-OH is 1. The molecule has 0 radical (unpaired) electrons. The summed E-state index contributed by atoms with van der Waals surface area (Å²) in [4.78, 5) is 12.1. The first kappa shape index (κ1) is 17.0. The Hall–Kier alpha value is -0.860. The number of hydrogen-bond donors (Lipinski definition) is 2. The minimum absolute atomic E-state index is 0.0440. The Kier molecular flexibility index (Phi) is 4.59. The number of sulfonamides is 1. The molecule has 9 heteroatoms. The largest absolute Gasteiger partial charge is 0.390 e. The van der Waals surface area contributed by atoms with Gasteiger partial charge < -0.3 is 10.4 Å². The van der Waals surface area contributed by atoms with Gasteiger partial charge in [0.05, 0.1) is 17.0 Å². The second-order valence-corrected chi connectivity index (χ2v) is 8.48. The first-order chi connectivity index (χ1) is 10.8. The van der Waals surface area contributed by atoms with Crippen LogP contribution in [0.15, 0.2) is 23.1 Å². The molecule has 2 heterocycles. The minimum atomic E-state index is -4.01. The van der Waals surface area contributed by atoms with Gasteiger partial charge in [0.25, 0.3) is 0 Å². The second-order valence-electron chi connectivity index (χ2n) is 5.77. The first-order valence-corrected chi connectivity index (χ1v) is 9.46. The van der Waals surface area contributed by atoms with Crippen molar-refractivity contribution in [1.82, 2.24) is 9.62 Å². The Morgan fingerprint density at radius 1 is 1.17 bits per heavy atom. The lowest BCUT2D eigenvalue weighted by Crippen LogP contribution is -2.55. The molecule has 1 amide bonds. The number of fused-ring (bicyclic) bond motifs is 2. The fourth-order valence-electron chi connectivity index (χ4n) is 3.22. The van der Waals surface area contributed by atoms with E-state index >= 15 is 0 Å². The maximum absolute atomic E-state index is 13.1. The monoisotopic (exact) mass is 378 g/mol. The Morgan fingerprint density at radius 2 is 1.83 bits per heavy atom. The molecule has 126 valence electrons. The third-order valence-corrected chi connectivity index (χ3v) is 6.60. The summed E-state index contributed by atoms with van der Waals surface area (Å²) in [6, 6.07) is 2.57. The zero-order valence-corrected chi connectivity index (χ0v) is 14.4. The lowest BCUT2D eigenvalue weighted by molar-refractivity contribution is -0.125. The summed E-state index contributed by atoms with van der Waals surface area (Å²) in [6.45, 7) is 0.0440. The zero-order valence-electron chi connectivity index (χ0n) is 12.1. The van der Waals surface area contributed by atoms with Crippen LogP contribution in [0, 0.1) is 0 Å². The van der Waals surface area contributed by atoms with Crippen molar-refractivity contribution in [3.63, 3.8) is 0 Å². The third kappa shape index (κ3) is 3.08. The van der Waals surface area contributed by atoms with E-state index in [4.69, 9.17) is 23.2 Å².